The number of carbonyl (C=O) groups is 1. The molecule has 0 atom stereocenters. The van der Waals surface area contributed by atoms with Gasteiger partial charge in [0.25, 0.3) is 0 Å². The average molecular weight is 414 g/mol. The number of aromatic amines is 1. The zero-order valence-electron chi connectivity index (χ0n) is 14.3. The Hall–Kier alpha value is -3.09. The topological polar surface area (TPSA) is 87.0 Å². The number of carbonyl (C=O) groups excluding carboxylic acids is 1. The second kappa shape index (κ2) is 7.50. The normalized spacial score (nSPS) is 11.5. The van der Waals surface area contributed by atoms with Crippen molar-refractivity contribution in [3.05, 3.63) is 64.6 Å². The number of nitrogens with one attached hydrogen (secondary N) is 1. The second-order valence-electron chi connectivity index (χ2n) is 5.99. The highest BCUT2D eigenvalue weighted by Crippen LogP contribution is 2.40. The number of hydrogen-bond acceptors (Lipinski definition) is 4. The van der Waals surface area contributed by atoms with Gasteiger partial charge in [-0.15, -0.1) is 10.2 Å². The van der Waals surface area contributed by atoms with Gasteiger partial charge in [-0.05, 0) is 23.6 Å². The Morgan fingerprint density at radius 3 is 2.71 bits per heavy atom. The molecule has 0 unspecified atom stereocenters. The summed E-state index contributed by atoms with van der Waals surface area (Å²) in [5.41, 5.74) is 0.537. The molecule has 0 aliphatic heterocycles. The molecule has 140 valence electrons. The number of fused-ring (bicyclic) bond motifs is 2. The molecule has 0 aliphatic carbocycles. The minimum Gasteiger partial charge on any atom is -0.493 e. The van der Waals surface area contributed by atoms with E-state index in [0.29, 0.717) is 26.7 Å². The lowest BCUT2D eigenvalue weighted by Gasteiger charge is -2.06. The van der Waals surface area contributed by atoms with Gasteiger partial charge in [-0.25, -0.2) is 0 Å². The first-order valence-corrected chi connectivity index (χ1v) is 9.03. The van der Waals surface area contributed by atoms with Crippen LogP contribution in [0.5, 0.6) is 11.6 Å². The molecule has 1 amide bonds. The molecule has 8 heteroatoms. The fourth-order valence-electron chi connectivity index (χ4n) is 2.89. The molecule has 1 heterocycles. The summed E-state index contributed by atoms with van der Waals surface area (Å²) in [6.45, 7) is -0.290. The van der Waals surface area contributed by atoms with Crippen LogP contribution in [0.25, 0.3) is 21.7 Å². The molecular weight excluding hydrogens is 401 g/mol. The third kappa shape index (κ3) is 3.52. The molecule has 28 heavy (non-hydrogen) atoms. The molecule has 6 nitrogen and oxygen atoms in total. The van der Waals surface area contributed by atoms with Gasteiger partial charge < -0.3 is 14.8 Å². The first-order chi connectivity index (χ1) is 13.5. The molecule has 3 aromatic carbocycles. The van der Waals surface area contributed by atoms with E-state index >= 15 is 0 Å². The maximum absolute atomic E-state index is 12.1. The molecule has 2 N–H and O–H groups in total. The number of aromatic hydroxyl groups is 1. The van der Waals surface area contributed by atoms with Gasteiger partial charge >= 0.3 is 5.91 Å². The summed E-state index contributed by atoms with van der Waals surface area (Å²) in [5.74, 6) is -0.282. The summed E-state index contributed by atoms with van der Waals surface area (Å²) in [6.07, 6.45) is 0. The highest BCUT2D eigenvalue weighted by atomic mass is 35.5. The zero-order chi connectivity index (χ0) is 19.7. The maximum Gasteiger partial charge on any atom is 0.302 e. The van der Waals surface area contributed by atoms with Crippen molar-refractivity contribution in [2.75, 3.05) is 6.61 Å². The van der Waals surface area contributed by atoms with Crippen LogP contribution in [0, 0.1) is 0 Å². The van der Waals surface area contributed by atoms with E-state index in [4.69, 9.17) is 27.9 Å². The van der Waals surface area contributed by atoms with Gasteiger partial charge in [0.15, 0.2) is 12.3 Å². The quantitative estimate of drug-likeness (QED) is 0.400. The third-order valence-corrected chi connectivity index (χ3v) is 4.66. The van der Waals surface area contributed by atoms with Gasteiger partial charge in [-0.1, -0.05) is 59.6 Å². The lowest BCUT2D eigenvalue weighted by atomic mass is 10.1. The van der Waals surface area contributed by atoms with Crippen LogP contribution in [-0.4, -0.2) is 22.6 Å². The summed E-state index contributed by atoms with van der Waals surface area (Å²) >= 11 is 12.1. The number of ether oxygens (including phenoxy) is 1. The van der Waals surface area contributed by atoms with Crippen molar-refractivity contribution in [1.29, 1.82) is 0 Å². The Morgan fingerprint density at radius 1 is 1.07 bits per heavy atom. The van der Waals surface area contributed by atoms with Gasteiger partial charge in [0, 0.05) is 15.8 Å². The summed E-state index contributed by atoms with van der Waals surface area (Å²) in [6, 6.07) is 16.4. The maximum atomic E-state index is 12.1. The molecule has 1 aromatic heterocycles. The Labute approximate surface area is 169 Å². The minimum atomic E-state index is -0.602. The predicted octanol–water partition coefficient (Wildman–Crippen LogP) is 6.02. The molecule has 4 rings (SSSR count). The number of rotatable bonds is 4. The SMILES string of the molecule is O=C(COc1cccc2ccccc12)N=Nc1c(O)[nH]c2c(Cl)cc(Cl)cc12. The number of hydrogen-bond donors (Lipinski definition) is 2. The van der Waals surface area contributed by atoms with Crippen LogP contribution in [0.1, 0.15) is 0 Å². The van der Waals surface area contributed by atoms with Gasteiger partial charge in [-0.2, -0.15) is 0 Å². The van der Waals surface area contributed by atoms with E-state index in [1.165, 1.54) is 6.07 Å². The van der Waals surface area contributed by atoms with Crippen molar-refractivity contribution in [3.63, 3.8) is 0 Å². The van der Waals surface area contributed by atoms with Gasteiger partial charge in [0.2, 0.25) is 5.88 Å². The van der Waals surface area contributed by atoms with Crippen molar-refractivity contribution >= 4 is 56.5 Å². The smallest absolute Gasteiger partial charge is 0.302 e. The van der Waals surface area contributed by atoms with Crippen LogP contribution in [-0.2, 0) is 4.79 Å². The van der Waals surface area contributed by atoms with Crippen molar-refractivity contribution in [2.45, 2.75) is 0 Å². The first kappa shape index (κ1) is 18.3. The molecule has 0 saturated heterocycles. The van der Waals surface area contributed by atoms with Crippen molar-refractivity contribution in [1.82, 2.24) is 4.98 Å². The van der Waals surface area contributed by atoms with E-state index in [1.54, 1.807) is 12.1 Å². The number of azo groups is 1. The number of amides is 1. The lowest BCUT2D eigenvalue weighted by molar-refractivity contribution is -0.120. The van der Waals surface area contributed by atoms with E-state index in [-0.39, 0.29) is 18.2 Å². The van der Waals surface area contributed by atoms with Crippen LogP contribution < -0.4 is 4.74 Å². The van der Waals surface area contributed by atoms with Crippen LogP contribution >= 0.6 is 23.2 Å². The Kier molecular flexibility index (Phi) is 4.90. The highest BCUT2D eigenvalue weighted by molar-refractivity contribution is 6.38. The van der Waals surface area contributed by atoms with Gasteiger partial charge in [-0.3, -0.25) is 4.79 Å². The number of halogens is 2. The molecule has 0 radical (unpaired) electrons. The number of benzene rings is 3. The number of aromatic nitrogens is 1. The lowest BCUT2D eigenvalue weighted by Crippen LogP contribution is -2.08. The van der Waals surface area contributed by atoms with E-state index in [1.807, 2.05) is 36.4 Å². The largest absolute Gasteiger partial charge is 0.493 e. The first-order valence-electron chi connectivity index (χ1n) is 8.28. The summed E-state index contributed by atoms with van der Waals surface area (Å²) < 4.78 is 5.59. The standard InChI is InChI=1S/C20H13Cl2N3O3/c21-12-8-14-18(15(22)9-12)23-20(27)19(14)25-24-17(26)10-28-16-7-3-5-11-4-1-2-6-13(11)16/h1-9,23,27H,10H2. The van der Waals surface area contributed by atoms with Crippen LogP contribution in [0.2, 0.25) is 10.0 Å². The van der Waals surface area contributed by atoms with E-state index in [9.17, 15) is 9.90 Å². The molecule has 0 spiro atoms. The second-order valence-corrected chi connectivity index (χ2v) is 6.84. The van der Waals surface area contributed by atoms with Crippen molar-refractivity contribution in [3.8, 4) is 11.6 Å². The average Bonchev–Trinajstić information content (AvgIpc) is 3.00. The molecular formula is C20H13Cl2N3O3. The predicted molar refractivity (Wildman–Crippen MR) is 109 cm³/mol. The Morgan fingerprint density at radius 2 is 1.86 bits per heavy atom. The molecule has 4 aromatic rings. The Balaban J connectivity index is 1.53. The van der Waals surface area contributed by atoms with Gasteiger partial charge in [0.05, 0.1) is 10.5 Å². The Bertz CT molecular complexity index is 1230. The van der Waals surface area contributed by atoms with E-state index in [0.717, 1.165) is 10.8 Å². The number of H-pyrrole nitrogens is 1. The molecule has 0 aliphatic rings. The van der Waals surface area contributed by atoms with E-state index in [2.05, 4.69) is 15.2 Å². The summed E-state index contributed by atoms with van der Waals surface area (Å²) in [7, 11) is 0. The van der Waals surface area contributed by atoms with Crippen LogP contribution in [0.15, 0.2) is 64.8 Å². The fraction of sp³-hybridized carbons (Fsp3) is 0.0500. The van der Waals surface area contributed by atoms with E-state index < -0.39 is 5.91 Å². The van der Waals surface area contributed by atoms with Crippen molar-refractivity contribution < 1.29 is 14.6 Å². The summed E-state index contributed by atoms with van der Waals surface area (Å²) in [5, 5.41) is 20.6. The molecule has 0 saturated carbocycles. The zero-order valence-corrected chi connectivity index (χ0v) is 15.8. The number of nitrogens with zero attached hydrogens (tertiary/aromatic N) is 2. The van der Waals surface area contributed by atoms with Crippen molar-refractivity contribution in [2.24, 2.45) is 10.2 Å². The van der Waals surface area contributed by atoms with Crippen LogP contribution in [0.3, 0.4) is 0 Å². The van der Waals surface area contributed by atoms with Gasteiger partial charge in [0.1, 0.15) is 5.75 Å². The minimum absolute atomic E-state index is 0.0814. The fourth-order valence-corrected chi connectivity index (χ4v) is 3.43. The van der Waals surface area contributed by atoms with Crippen LogP contribution in [0.4, 0.5) is 5.69 Å². The highest BCUT2D eigenvalue weighted by Gasteiger charge is 2.14. The molecule has 0 fully saturated rings. The monoisotopic (exact) mass is 413 g/mol. The third-order valence-electron chi connectivity index (χ3n) is 4.14. The summed E-state index contributed by atoms with van der Waals surface area (Å²) in [4.78, 5) is 14.8. The molecule has 0 bridgehead atoms.